The van der Waals surface area contributed by atoms with E-state index in [1.54, 1.807) is 0 Å². The van der Waals surface area contributed by atoms with Crippen molar-refractivity contribution in [1.29, 1.82) is 0 Å². The first-order chi connectivity index (χ1) is 9.85. The number of benzene rings is 2. The number of ether oxygens (including phenoxy) is 1. The van der Waals surface area contributed by atoms with Crippen LogP contribution >= 0.6 is 0 Å². The molecule has 2 unspecified atom stereocenters. The van der Waals surface area contributed by atoms with Crippen LogP contribution in [0.2, 0.25) is 0 Å². The van der Waals surface area contributed by atoms with E-state index in [0.29, 0.717) is 6.04 Å². The van der Waals surface area contributed by atoms with E-state index in [4.69, 9.17) is 4.74 Å². The largest absolute Gasteiger partial charge is 0.487 e. The Morgan fingerprint density at radius 2 is 1.90 bits per heavy atom. The van der Waals surface area contributed by atoms with Crippen molar-refractivity contribution in [2.45, 2.75) is 45.3 Å². The van der Waals surface area contributed by atoms with E-state index in [0.717, 1.165) is 31.6 Å². The number of fused-ring (bicyclic) bond motifs is 3. The first-order valence-corrected chi connectivity index (χ1v) is 7.76. The molecular formula is C18H23NO. The quantitative estimate of drug-likeness (QED) is 0.866. The first-order valence-electron chi connectivity index (χ1n) is 7.76. The molecular weight excluding hydrogens is 246 g/mol. The lowest BCUT2D eigenvalue weighted by Gasteiger charge is -2.19. The number of nitrogens with one attached hydrogen (secondary N) is 1. The van der Waals surface area contributed by atoms with Gasteiger partial charge in [0.05, 0.1) is 6.04 Å². The Hall–Kier alpha value is -1.54. The summed E-state index contributed by atoms with van der Waals surface area (Å²) in [6.45, 7) is 5.47. The first kappa shape index (κ1) is 13.4. The van der Waals surface area contributed by atoms with E-state index in [2.05, 4.69) is 55.6 Å². The predicted octanol–water partition coefficient (Wildman–Crippen LogP) is 4.44. The summed E-state index contributed by atoms with van der Waals surface area (Å²) in [5, 5.41) is 6.17. The van der Waals surface area contributed by atoms with Gasteiger partial charge in [-0.05, 0) is 24.8 Å². The Morgan fingerprint density at radius 3 is 2.70 bits per heavy atom. The van der Waals surface area contributed by atoms with Gasteiger partial charge in [0, 0.05) is 10.9 Å². The lowest BCUT2D eigenvalue weighted by atomic mass is 9.98. The number of rotatable bonds is 5. The minimum absolute atomic E-state index is 0.271. The van der Waals surface area contributed by atoms with Crippen molar-refractivity contribution < 1.29 is 4.74 Å². The van der Waals surface area contributed by atoms with Crippen LogP contribution in [0.25, 0.3) is 10.8 Å². The molecule has 0 spiro atoms. The van der Waals surface area contributed by atoms with Crippen LogP contribution in [0, 0.1) is 0 Å². The number of hydrogen-bond donors (Lipinski definition) is 1. The Morgan fingerprint density at radius 1 is 1.05 bits per heavy atom. The maximum Gasteiger partial charge on any atom is 0.132 e. The highest BCUT2D eigenvalue weighted by molar-refractivity contribution is 5.90. The molecule has 0 saturated heterocycles. The highest BCUT2D eigenvalue weighted by Gasteiger charge is 2.34. The van der Waals surface area contributed by atoms with E-state index >= 15 is 0 Å². The van der Waals surface area contributed by atoms with Crippen LogP contribution in [-0.2, 0) is 0 Å². The van der Waals surface area contributed by atoms with Crippen molar-refractivity contribution in [2.75, 3.05) is 6.54 Å². The van der Waals surface area contributed by atoms with Crippen LogP contribution < -0.4 is 10.1 Å². The van der Waals surface area contributed by atoms with Gasteiger partial charge in [-0.1, -0.05) is 56.7 Å². The van der Waals surface area contributed by atoms with E-state index in [1.807, 2.05) is 0 Å². The molecule has 0 saturated carbocycles. The highest BCUT2D eigenvalue weighted by Crippen LogP contribution is 2.43. The van der Waals surface area contributed by atoms with Gasteiger partial charge in [0.25, 0.3) is 0 Å². The van der Waals surface area contributed by atoms with Crippen LogP contribution in [0.4, 0.5) is 0 Å². The van der Waals surface area contributed by atoms with Gasteiger partial charge in [-0.15, -0.1) is 0 Å². The fraction of sp³-hybridized carbons (Fsp3) is 0.444. The van der Waals surface area contributed by atoms with Gasteiger partial charge in [0.15, 0.2) is 0 Å². The number of hydrogen-bond acceptors (Lipinski definition) is 2. The van der Waals surface area contributed by atoms with Crippen molar-refractivity contribution >= 4 is 10.8 Å². The molecule has 2 heteroatoms. The molecule has 3 rings (SSSR count). The van der Waals surface area contributed by atoms with Crippen molar-refractivity contribution in [3.05, 3.63) is 42.0 Å². The van der Waals surface area contributed by atoms with Crippen molar-refractivity contribution in [1.82, 2.24) is 5.32 Å². The van der Waals surface area contributed by atoms with Crippen LogP contribution in [0.5, 0.6) is 5.75 Å². The minimum atomic E-state index is 0.271. The maximum absolute atomic E-state index is 6.31. The SMILES string of the molecule is CCCNC1c2ccc3ccccc3c2OC1CCC. The molecule has 0 bridgehead atoms. The third kappa shape index (κ3) is 2.29. The van der Waals surface area contributed by atoms with E-state index < -0.39 is 0 Å². The molecule has 0 aliphatic carbocycles. The Bertz CT molecular complexity index is 593. The van der Waals surface area contributed by atoms with Gasteiger partial charge in [0.2, 0.25) is 0 Å². The molecule has 2 aromatic rings. The zero-order valence-electron chi connectivity index (χ0n) is 12.4. The third-order valence-electron chi connectivity index (χ3n) is 4.07. The average molecular weight is 269 g/mol. The second kappa shape index (κ2) is 5.84. The molecule has 1 aliphatic rings. The lowest BCUT2D eigenvalue weighted by Crippen LogP contribution is -2.31. The van der Waals surface area contributed by atoms with E-state index in [1.165, 1.54) is 16.3 Å². The molecule has 2 aromatic carbocycles. The summed E-state index contributed by atoms with van der Waals surface area (Å²) in [4.78, 5) is 0. The summed E-state index contributed by atoms with van der Waals surface area (Å²) in [5.41, 5.74) is 1.33. The van der Waals surface area contributed by atoms with Crippen LogP contribution in [0.1, 0.15) is 44.7 Å². The molecule has 2 atom stereocenters. The average Bonchev–Trinajstić information content (AvgIpc) is 2.83. The third-order valence-corrected chi connectivity index (χ3v) is 4.07. The summed E-state index contributed by atoms with van der Waals surface area (Å²) in [6, 6.07) is 13.3. The van der Waals surface area contributed by atoms with E-state index in [-0.39, 0.29) is 6.10 Å². The monoisotopic (exact) mass is 269 g/mol. The maximum atomic E-state index is 6.31. The molecule has 106 valence electrons. The molecule has 0 aromatic heterocycles. The Kier molecular flexibility index (Phi) is 3.93. The molecule has 0 radical (unpaired) electrons. The van der Waals surface area contributed by atoms with Gasteiger partial charge < -0.3 is 10.1 Å². The normalized spacial score (nSPS) is 20.9. The zero-order chi connectivity index (χ0) is 13.9. The van der Waals surface area contributed by atoms with Gasteiger partial charge in [-0.3, -0.25) is 0 Å². The summed E-state index contributed by atoms with van der Waals surface area (Å²) < 4.78 is 6.31. The van der Waals surface area contributed by atoms with Crippen molar-refractivity contribution in [3.63, 3.8) is 0 Å². The smallest absolute Gasteiger partial charge is 0.132 e. The van der Waals surface area contributed by atoms with Crippen LogP contribution in [-0.4, -0.2) is 12.6 Å². The zero-order valence-corrected chi connectivity index (χ0v) is 12.4. The van der Waals surface area contributed by atoms with Crippen molar-refractivity contribution in [2.24, 2.45) is 0 Å². The van der Waals surface area contributed by atoms with Gasteiger partial charge in [0.1, 0.15) is 11.9 Å². The standard InChI is InChI=1S/C18H23NO/c1-3-7-16-17(19-12-4-2)15-11-10-13-8-5-6-9-14(13)18(15)20-16/h5-6,8-11,16-17,19H,3-4,7,12H2,1-2H3. The van der Waals surface area contributed by atoms with Gasteiger partial charge in [-0.2, -0.15) is 0 Å². The fourth-order valence-corrected chi connectivity index (χ4v) is 3.11. The van der Waals surface area contributed by atoms with Crippen LogP contribution in [0.15, 0.2) is 36.4 Å². The van der Waals surface area contributed by atoms with Gasteiger partial charge >= 0.3 is 0 Å². The predicted molar refractivity (Wildman–Crippen MR) is 84.3 cm³/mol. The summed E-state index contributed by atoms with van der Waals surface area (Å²) in [6.07, 6.45) is 3.68. The second-order valence-electron chi connectivity index (χ2n) is 5.58. The molecule has 1 aliphatic heterocycles. The molecule has 0 fully saturated rings. The van der Waals surface area contributed by atoms with Gasteiger partial charge in [-0.25, -0.2) is 0 Å². The second-order valence-corrected chi connectivity index (χ2v) is 5.58. The molecule has 1 N–H and O–H groups in total. The highest BCUT2D eigenvalue weighted by atomic mass is 16.5. The Labute approximate surface area is 121 Å². The topological polar surface area (TPSA) is 21.3 Å². The Balaban J connectivity index is 2.01. The molecule has 0 amide bonds. The minimum Gasteiger partial charge on any atom is -0.487 e. The summed E-state index contributed by atoms with van der Waals surface area (Å²) in [5.74, 6) is 1.09. The molecule has 2 nitrogen and oxygen atoms in total. The molecule has 1 heterocycles. The summed E-state index contributed by atoms with van der Waals surface area (Å²) >= 11 is 0. The fourth-order valence-electron chi connectivity index (χ4n) is 3.11. The van der Waals surface area contributed by atoms with E-state index in [9.17, 15) is 0 Å². The molecule has 20 heavy (non-hydrogen) atoms. The van der Waals surface area contributed by atoms with Crippen LogP contribution in [0.3, 0.4) is 0 Å². The lowest BCUT2D eigenvalue weighted by molar-refractivity contribution is 0.179. The summed E-state index contributed by atoms with van der Waals surface area (Å²) in [7, 11) is 0. The van der Waals surface area contributed by atoms with Crippen molar-refractivity contribution in [3.8, 4) is 5.75 Å².